The third kappa shape index (κ3) is 3.24. The van der Waals surface area contributed by atoms with Crippen molar-refractivity contribution in [1.29, 1.82) is 0 Å². The number of ether oxygens (including phenoxy) is 1. The molecule has 0 radical (unpaired) electrons. The minimum Gasteiger partial charge on any atom is -0.507 e. The highest BCUT2D eigenvalue weighted by Crippen LogP contribution is 2.23. The molecule has 0 aliphatic heterocycles. The van der Waals surface area contributed by atoms with E-state index in [1.54, 1.807) is 6.92 Å². The number of rotatable bonds is 3. The van der Waals surface area contributed by atoms with Gasteiger partial charge in [0.15, 0.2) is 0 Å². The first-order valence-corrected chi connectivity index (χ1v) is 4.95. The summed E-state index contributed by atoms with van der Waals surface area (Å²) in [5, 5.41) is 9.57. The Labute approximate surface area is 97.1 Å². The van der Waals surface area contributed by atoms with Gasteiger partial charge in [0.2, 0.25) is 0 Å². The number of esters is 1. The number of aliphatic hydroxyl groups is 1. The SMILES string of the molecule is CCOC(=O)C=C(O)c1ccc(F)cc1Cl. The lowest BCUT2D eigenvalue weighted by Gasteiger charge is -2.03. The van der Waals surface area contributed by atoms with E-state index < -0.39 is 11.8 Å². The summed E-state index contributed by atoms with van der Waals surface area (Å²) in [4.78, 5) is 11.0. The fourth-order valence-corrected chi connectivity index (χ4v) is 1.33. The molecule has 1 rings (SSSR count). The molecule has 0 aliphatic rings. The van der Waals surface area contributed by atoms with Crippen LogP contribution in [0, 0.1) is 5.82 Å². The maximum absolute atomic E-state index is 12.7. The maximum Gasteiger partial charge on any atom is 0.334 e. The van der Waals surface area contributed by atoms with Crippen molar-refractivity contribution in [2.75, 3.05) is 6.61 Å². The lowest BCUT2D eigenvalue weighted by atomic mass is 10.2. The van der Waals surface area contributed by atoms with Crippen LogP contribution in [-0.2, 0) is 9.53 Å². The number of halogens is 2. The predicted octanol–water partition coefficient (Wildman–Crippen LogP) is 2.94. The Balaban J connectivity index is 2.96. The first-order valence-electron chi connectivity index (χ1n) is 4.57. The molecule has 0 aromatic heterocycles. The van der Waals surface area contributed by atoms with Crippen molar-refractivity contribution >= 4 is 23.3 Å². The van der Waals surface area contributed by atoms with E-state index in [0.29, 0.717) is 0 Å². The van der Waals surface area contributed by atoms with Gasteiger partial charge in [-0.05, 0) is 25.1 Å². The van der Waals surface area contributed by atoms with Crippen LogP contribution in [0.4, 0.5) is 4.39 Å². The largest absolute Gasteiger partial charge is 0.507 e. The Morgan fingerprint density at radius 3 is 2.88 bits per heavy atom. The highest BCUT2D eigenvalue weighted by molar-refractivity contribution is 6.32. The number of carbonyl (C=O) groups excluding carboxylic acids is 1. The van der Waals surface area contributed by atoms with Gasteiger partial charge in [0.1, 0.15) is 11.6 Å². The molecule has 0 amide bonds. The van der Waals surface area contributed by atoms with Gasteiger partial charge in [-0.15, -0.1) is 0 Å². The number of aliphatic hydroxyl groups excluding tert-OH is 1. The molecule has 86 valence electrons. The predicted molar refractivity (Wildman–Crippen MR) is 58.6 cm³/mol. The molecule has 0 aliphatic carbocycles. The van der Waals surface area contributed by atoms with E-state index in [1.165, 1.54) is 6.07 Å². The summed E-state index contributed by atoms with van der Waals surface area (Å²) >= 11 is 5.69. The zero-order chi connectivity index (χ0) is 12.1. The van der Waals surface area contributed by atoms with Gasteiger partial charge in [-0.3, -0.25) is 0 Å². The van der Waals surface area contributed by atoms with Crippen LogP contribution in [-0.4, -0.2) is 17.7 Å². The standard InChI is InChI=1S/C11H10ClFO3/c1-2-16-11(15)6-10(14)8-4-3-7(13)5-9(8)12/h3-6,14H,2H2,1H3. The van der Waals surface area contributed by atoms with Crippen LogP contribution < -0.4 is 0 Å². The Bertz CT molecular complexity index is 429. The average molecular weight is 245 g/mol. The van der Waals surface area contributed by atoms with Crippen LogP contribution in [0.15, 0.2) is 24.3 Å². The van der Waals surface area contributed by atoms with E-state index in [-0.39, 0.29) is 23.0 Å². The molecule has 0 saturated carbocycles. The van der Waals surface area contributed by atoms with E-state index in [2.05, 4.69) is 4.74 Å². The van der Waals surface area contributed by atoms with E-state index in [9.17, 15) is 14.3 Å². The van der Waals surface area contributed by atoms with Crippen LogP contribution in [0.5, 0.6) is 0 Å². The van der Waals surface area contributed by atoms with Crippen molar-refractivity contribution in [3.05, 3.63) is 40.7 Å². The van der Waals surface area contributed by atoms with Crippen molar-refractivity contribution in [3.63, 3.8) is 0 Å². The molecule has 3 nitrogen and oxygen atoms in total. The summed E-state index contributed by atoms with van der Waals surface area (Å²) in [6, 6.07) is 3.46. The van der Waals surface area contributed by atoms with Crippen LogP contribution in [0.25, 0.3) is 5.76 Å². The summed E-state index contributed by atoms with van der Waals surface area (Å²) in [5.41, 5.74) is 0.177. The molecule has 0 saturated heterocycles. The van der Waals surface area contributed by atoms with E-state index >= 15 is 0 Å². The van der Waals surface area contributed by atoms with Gasteiger partial charge in [0.05, 0.1) is 17.7 Å². The highest BCUT2D eigenvalue weighted by atomic mass is 35.5. The third-order valence-electron chi connectivity index (χ3n) is 1.75. The second kappa shape index (κ2) is 5.51. The van der Waals surface area contributed by atoms with Gasteiger partial charge < -0.3 is 9.84 Å². The molecule has 0 unspecified atom stereocenters. The number of benzene rings is 1. The molecule has 16 heavy (non-hydrogen) atoms. The minimum atomic E-state index is -0.680. The molecule has 0 spiro atoms. The second-order valence-corrected chi connectivity index (χ2v) is 3.31. The Morgan fingerprint density at radius 1 is 1.62 bits per heavy atom. The molecular weight excluding hydrogens is 235 g/mol. The topological polar surface area (TPSA) is 46.5 Å². The van der Waals surface area contributed by atoms with Crippen LogP contribution in [0.2, 0.25) is 5.02 Å². The van der Waals surface area contributed by atoms with Crippen molar-refractivity contribution in [2.45, 2.75) is 6.92 Å². The number of hydrogen-bond acceptors (Lipinski definition) is 3. The Morgan fingerprint density at radius 2 is 2.31 bits per heavy atom. The Hall–Kier alpha value is -1.55. The lowest BCUT2D eigenvalue weighted by Crippen LogP contribution is -2.01. The lowest BCUT2D eigenvalue weighted by molar-refractivity contribution is -0.137. The zero-order valence-electron chi connectivity index (χ0n) is 8.54. The van der Waals surface area contributed by atoms with Crippen molar-refractivity contribution in [1.82, 2.24) is 0 Å². The van der Waals surface area contributed by atoms with Gasteiger partial charge in [0.25, 0.3) is 0 Å². The van der Waals surface area contributed by atoms with E-state index in [4.69, 9.17) is 11.6 Å². The molecule has 0 bridgehead atoms. The molecular formula is C11H10ClFO3. The maximum atomic E-state index is 12.7. The average Bonchev–Trinajstić information content (AvgIpc) is 2.17. The third-order valence-corrected chi connectivity index (χ3v) is 2.06. The highest BCUT2D eigenvalue weighted by Gasteiger charge is 2.08. The van der Waals surface area contributed by atoms with Gasteiger partial charge in [-0.2, -0.15) is 0 Å². The summed E-state index contributed by atoms with van der Waals surface area (Å²) in [6.07, 6.45) is 0.891. The molecule has 0 atom stereocenters. The summed E-state index contributed by atoms with van der Waals surface area (Å²) in [5.74, 6) is -1.55. The first-order chi connectivity index (χ1) is 7.54. The van der Waals surface area contributed by atoms with Gasteiger partial charge >= 0.3 is 5.97 Å². The molecule has 5 heteroatoms. The van der Waals surface area contributed by atoms with E-state index in [0.717, 1.165) is 18.2 Å². The van der Waals surface area contributed by atoms with Crippen LogP contribution in [0.3, 0.4) is 0 Å². The molecule has 0 heterocycles. The number of carbonyl (C=O) groups is 1. The van der Waals surface area contributed by atoms with Crippen molar-refractivity contribution in [2.24, 2.45) is 0 Å². The van der Waals surface area contributed by atoms with Crippen molar-refractivity contribution in [3.8, 4) is 0 Å². The van der Waals surface area contributed by atoms with Gasteiger partial charge in [-0.25, -0.2) is 9.18 Å². The fourth-order valence-electron chi connectivity index (χ4n) is 1.07. The molecule has 1 aromatic rings. The number of hydrogen-bond donors (Lipinski definition) is 1. The molecule has 0 fully saturated rings. The fraction of sp³-hybridized carbons (Fsp3) is 0.182. The minimum absolute atomic E-state index is 0.0260. The summed E-state index contributed by atoms with van der Waals surface area (Å²) in [6.45, 7) is 1.85. The van der Waals surface area contributed by atoms with E-state index in [1.807, 2.05) is 0 Å². The Kier molecular flexibility index (Phi) is 4.31. The molecule has 1 aromatic carbocycles. The first kappa shape index (κ1) is 12.5. The van der Waals surface area contributed by atoms with Crippen LogP contribution in [0.1, 0.15) is 12.5 Å². The van der Waals surface area contributed by atoms with Crippen LogP contribution >= 0.6 is 11.6 Å². The quantitative estimate of drug-likeness (QED) is 0.505. The summed E-state index contributed by atoms with van der Waals surface area (Å²) in [7, 11) is 0. The zero-order valence-corrected chi connectivity index (χ0v) is 9.29. The van der Waals surface area contributed by atoms with Gasteiger partial charge in [-0.1, -0.05) is 11.6 Å². The monoisotopic (exact) mass is 244 g/mol. The summed E-state index contributed by atoms with van der Waals surface area (Å²) < 4.78 is 17.3. The second-order valence-electron chi connectivity index (χ2n) is 2.91. The normalized spacial score (nSPS) is 11.3. The smallest absolute Gasteiger partial charge is 0.334 e. The van der Waals surface area contributed by atoms with Gasteiger partial charge in [0, 0.05) is 5.56 Å². The molecule has 1 N–H and O–H groups in total. The van der Waals surface area contributed by atoms with Crippen molar-refractivity contribution < 1.29 is 19.0 Å².